The van der Waals surface area contributed by atoms with Crippen molar-refractivity contribution in [3.8, 4) is 0 Å². The van der Waals surface area contributed by atoms with Crippen molar-refractivity contribution in [1.82, 2.24) is 0 Å². The first-order valence-corrected chi connectivity index (χ1v) is 3.98. The molecule has 0 fully saturated rings. The van der Waals surface area contributed by atoms with E-state index in [1.54, 1.807) is 34.6 Å². The van der Waals surface area contributed by atoms with E-state index in [0.29, 0.717) is 0 Å². The molecular weight excluding hydrogens is 174 g/mol. The monoisotopic (exact) mass is 195 g/mol. The predicted molar refractivity (Wildman–Crippen MR) is 49.9 cm³/mol. The average Bonchev–Trinajstić information content (AvgIpc) is 1.84. The molecule has 82 valence electrons. The number of ether oxygens (including phenoxy) is 1. The Morgan fingerprint density at radius 3 is 1.46 bits per heavy atom. The molecule has 0 atom stereocenters. The maximum atomic E-state index is 8.10. The van der Waals surface area contributed by atoms with Crippen LogP contribution in [-0.4, -0.2) is 28.5 Å². The fraction of sp³-hybridized carbons (Fsp3) is 1.00. The summed E-state index contributed by atoms with van der Waals surface area (Å²) in [5.41, 5.74) is 4.16. The Hall–Kier alpha value is -0.200. The van der Waals surface area contributed by atoms with Crippen LogP contribution in [0.4, 0.5) is 0 Å². The molecule has 0 bridgehead atoms. The molecule has 0 spiro atoms. The van der Waals surface area contributed by atoms with Crippen LogP contribution in [0, 0.1) is 0 Å². The highest BCUT2D eigenvalue weighted by molar-refractivity contribution is 4.53. The molecule has 0 aromatic heterocycles. The van der Waals surface area contributed by atoms with Gasteiger partial charge < -0.3 is 15.6 Å². The van der Waals surface area contributed by atoms with E-state index >= 15 is 0 Å². The minimum Gasteiger partial charge on any atom is -0.371 e. The predicted octanol–water partition coefficient (Wildman–Crippen LogP) is 0.922. The fourth-order valence-corrected chi connectivity index (χ4v) is 0.166. The van der Waals surface area contributed by atoms with Gasteiger partial charge in [0.25, 0.3) is 0 Å². The Morgan fingerprint density at radius 2 is 1.46 bits per heavy atom. The van der Waals surface area contributed by atoms with Gasteiger partial charge in [0.05, 0.1) is 5.60 Å². The van der Waals surface area contributed by atoms with Crippen LogP contribution in [0.1, 0.15) is 34.6 Å². The number of aliphatic hydroxyl groups is 1. The van der Waals surface area contributed by atoms with Gasteiger partial charge in [-0.05, 0) is 34.6 Å². The van der Waals surface area contributed by atoms with Gasteiger partial charge in [-0.25, -0.2) is 4.89 Å². The van der Waals surface area contributed by atoms with Gasteiger partial charge in [-0.15, -0.1) is 0 Å². The van der Waals surface area contributed by atoms with E-state index in [9.17, 15) is 0 Å². The number of aliphatic hydroxyl groups excluding tert-OH is 1. The molecule has 0 rings (SSSR count). The molecule has 13 heavy (non-hydrogen) atoms. The average molecular weight is 195 g/mol. The number of rotatable bonds is 2. The van der Waals surface area contributed by atoms with Gasteiger partial charge in [0, 0.05) is 0 Å². The summed E-state index contributed by atoms with van der Waals surface area (Å²) in [5, 5.41) is 16.0. The van der Waals surface area contributed by atoms with Crippen LogP contribution in [-0.2, 0) is 9.62 Å². The minimum absolute atomic E-state index is 0.316. The van der Waals surface area contributed by atoms with Gasteiger partial charge in [-0.3, -0.25) is 5.26 Å². The summed E-state index contributed by atoms with van der Waals surface area (Å²) < 4.78 is 4.56. The number of nitrogens with two attached hydrogens (primary N) is 1. The van der Waals surface area contributed by atoms with Gasteiger partial charge in [-0.2, -0.15) is 0 Å². The maximum Gasteiger partial charge on any atom is 0.145 e. The van der Waals surface area contributed by atoms with Crippen molar-refractivity contribution >= 4 is 0 Å². The molecule has 0 aliphatic heterocycles. The van der Waals surface area contributed by atoms with Crippen LogP contribution in [0.15, 0.2) is 0 Å². The van der Waals surface area contributed by atoms with E-state index in [-0.39, 0.29) is 6.79 Å². The zero-order valence-electron chi connectivity index (χ0n) is 9.00. The summed E-state index contributed by atoms with van der Waals surface area (Å²) in [7, 11) is 0. The fourth-order valence-electron chi connectivity index (χ4n) is 0.166. The molecule has 0 aromatic carbocycles. The topological polar surface area (TPSA) is 84.9 Å². The quantitative estimate of drug-likeness (QED) is 0.346. The van der Waals surface area contributed by atoms with Gasteiger partial charge in [0.2, 0.25) is 0 Å². The van der Waals surface area contributed by atoms with Crippen molar-refractivity contribution in [2.45, 2.75) is 45.9 Å². The Morgan fingerprint density at radius 1 is 1.15 bits per heavy atom. The molecule has 0 heterocycles. The number of hydrogen-bond donors (Lipinski definition) is 3. The molecular formula is C8H21NO4. The second kappa shape index (κ2) is 6.28. The van der Waals surface area contributed by atoms with E-state index in [1.807, 2.05) is 0 Å². The lowest BCUT2D eigenvalue weighted by Crippen LogP contribution is -2.35. The lowest BCUT2D eigenvalue weighted by Gasteiger charge is -2.16. The third kappa shape index (κ3) is 24.5. The first-order valence-electron chi connectivity index (χ1n) is 3.98. The SMILES string of the molecule is CC(C)(C)OO.CC(C)(N)OCO. The van der Waals surface area contributed by atoms with Crippen molar-refractivity contribution in [3.05, 3.63) is 0 Å². The van der Waals surface area contributed by atoms with E-state index < -0.39 is 11.3 Å². The highest BCUT2D eigenvalue weighted by atomic mass is 17.1. The van der Waals surface area contributed by atoms with Crippen LogP contribution in [0.3, 0.4) is 0 Å². The van der Waals surface area contributed by atoms with Crippen LogP contribution in [0.2, 0.25) is 0 Å². The highest BCUT2D eigenvalue weighted by Crippen LogP contribution is 2.01. The van der Waals surface area contributed by atoms with E-state index in [4.69, 9.17) is 16.1 Å². The summed E-state index contributed by atoms with van der Waals surface area (Å²) in [5.74, 6) is 0. The molecule has 5 heteroatoms. The largest absolute Gasteiger partial charge is 0.371 e. The Labute approximate surface area is 79.4 Å². The molecule has 0 aliphatic carbocycles. The van der Waals surface area contributed by atoms with Gasteiger partial charge in [-0.1, -0.05) is 0 Å². The zero-order valence-corrected chi connectivity index (χ0v) is 9.00. The summed E-state index contributed by atoms with van der Waals surface area (Å²) in [6, 6.07) is 0. The molecule has 5 nitrogen and oxygen atoms in total. The molecule has 0 saturated heterocycles. The van der Waals surface area contributed by atoms with E-state index in [1.165, 1.54) is 0 Å². The Kier molecular flexibility index (Phi) is 7.39. The first-order chi connectivity index (χ1) is 5.62. The van der Waals surface area contributed by atoms with Gasteiger partial charge >= 0.3 is 0 Å². The second-order valence-electron chi connectivity index (χ2n) is 4.08. The zero-order chi connectivity index (χ0) is 11.1. The van der Waals surface area contributed by atoms with E-state index in [2.05, 4.69) is 9.62 Å². The molecule has 4 N–H and O–H groups in total. The lowest BCUT2D eigenvalue weighted by atomic mass is 10.2. The van der Waals surface area contributed by atoms with Crippen LogP contribution in [0.5, 0.6) is 0 Å². The molecule has 0 saturated carbocycles. The molecule has 0 radical (unpaired) electrons. The molecule has 0 unspecified atom stereocenters. The van der Waals surface area contributed by atoms with Crippen LogP contribution >= 0.6 is 0 Å². The summed E-state index contributed by atoms with van der Waals surface area (Å²) >= 11 is 0. The van der Waals surface area contributed by atoms with E-state index in [0.717, 1.165) is 0 Å². The second-order valence-corrected chi connectivity index (χ2v) is 4.08. The lowest BCUT2D eigenvalue weighted by molar-refractivity contribution is -0.306. The number of hydrogen-bond acceptors (Lipinski definition) is 5. The summed E-state index contributed by atoms with van der Waals surface area (Å²) in [4.78, 5) is 3.94. The van der Waals surface area contributed by atoms with Crippen molar-refractivity contribution < 1.29 is 20.0 Å². The van der Waals surface area contributed by atoms with Gasteiger partial charge in [0.1, 0.15) is 12.5 Å². The van der Waals surface area contributed by atoms with Crippen molar-refractivity contribution in [1.29, 1.82) is 0 Å². The summed E-state index contributed by atoms with van der Waals surface area (Å²) in [6.45, 7) is 8.34. The van der Waals surface area contributed by atoms with Crippen molar-refractivity contribution in [2.75, 3.05) is 6.79 Å². The maximum absolute atomic E-state index is 8.10. The molecule has 0 aliphatic rings. The Bertz CT molecular complexity index is 114. The standard InChI is InChI=1S/C4H11NO2.C4H10O2/c1-4(2,5)7-3-6;1-4(2,3)6-5/h6H,3,5H2,1-2H3;5H,1-3H3. The smallest absolute Gasteiger partial charge is 0.145 e. The van der Waals surface area contributed by atoms with Crippen LogP contribution < -0.4 is 5.73 Å². The van der Waals surface area contributed by atoms with Gasteiger partial charge in [0.15, 0.2) is 0 Å². The third-order valence-corrected chi connectivity index (χ3v) is 0.710. The van der Waals surface area contributed by atoms with Crippen molar-refractivity contribution in [2.24, 2.45) is 5.73 Å². The molecule has 0 amide bonds. The van der Waals surface area contributed by atoms with Crippen LogP contribution in [0.25, 0.3) is 0 Å². The normalized spacial score (nSPS) is 12.0. The van der Waals surface area contributed by atoms with Crippen molar-refractivity contribution in [3.63, 3.8) is 0 Å². The Balaban J connectivity index is 0. The summed E-state index contributed by atoms with van der Waals surface area (Å²) in [6.07, 6.45) is 0. The third-order valence-electron chi connectivity index (χ3n) is 0.710. The minimum atomic E-state index is -0.700. The molecule has 0 aromatic rings. The first kappa shape index (κ1) is 15.3. The highest BCUT2D eigenvalue weighted by Gasteiger charge is 2.07.